The van der Waals surface area contributed by atoms with Gasteiger partial charge in [-0.3, -0.25) is 14.5 Å². The van der Waals surface area contributed by atoms with E-state index in [0.717, 1.165) is 40.0 Å². The molecule has 0 aliphatic carbocycles. The van der Waals surface area contributed by atoms with Crippen LogP contribution in [0.4, 0.5) is 10.1 Å². The molecule has 0 radical (unpaired) electrons. The third-order valence-electron chi connectivity index (χ3n) is 5.41. The van der Waals surface area contributed by atoms with E-state index >= 15 is 0 Å². The number of benzene rings is 2. The Balaban J connectivity index is 1.49. The quantitative estimate of drug-likeness (QED) is 0.668. The van der Waals surface area contributed by atoms with Gasteiger partial charge in [0.2, 0.25) is 5.91 Å². The highest BCUT2D eigenvalue weighted by Crippen LogP contribution is 2.40. The van der Waals surface area contributed by atoms with Crippen molar-refractivity contribution in [1.82, 2.24) is 9.80 Å². The second-order valence-electron chi connectivity index (χ2n) is 7.82. The van der Waals surface area contributed by atoms with E-state index in [1.807, 2.05) is 12.1 Å². The molecule has 1 saturated heterocycles. The molecule has 30 heavy (non-hydrogen) atoms. The van der Waals surface area contributed by atoms with Crippen LogP contribution >= 0.6 is 11.3 Å². The van der Waals surface area contributed by atoms with Crippen LogP contribution in [0.3, 0.4) is 0 Å². The molecule has 156 valence electrons. The molecule has 1 N–H and O–H groups in total. The van der Waals surface area contributed by atoms with Crippen molar-refractivity contribution >= 4 is 38.9 Å². The minimum absolute atomic E-state index is 0.0266. The number of hydrogen-bond acceptors (Lipinski definition) is 4. The Hall–Kier alpha value is -2.77. The van der Waals surface area contributed by atoms with Crippen molar-refractivity contribution in [2.75, 3.05) is 39.0 Å². The summed E-state index contributed by atoms with van der Waals surface area (Å²) in [4.78, 5) is 29.8. The average Bonchev–Trinajstić information content (AvgIpc) is 3.33. The Bertz CT molecular complexity index is 1080. The van der Waals surface area contributed by atoms with Crippen molar-refractivity contribution < 1.29 is 14.0 Å². The first-order valence-corrected chi connectivity index (χ1v) is 10.7. The summed E-state index contributed by atoms with van der Waals surface area (Å²) in [5.74, 6) is -0.221. The number of amides is 2. The molecule has 2 heterocycles. The van der Waals surface area contributed by atoms with E-state index in [4.69, 9.17) is 0 Å². The summed E-state index contributed by atoms with van der Waals surface area (Å²) >= 11 is 1.55. The van der Waals surface area contributed by atoms with Crippen molar-refractivity contribution in [3.8, 4) is 0 Å². The zero-order valence-electron chi connectivity index (χ0n) is 17.0. The van der Waals surface area contributed by atoms with Crippen molar-refractivity contribution in [2.45, 2.75) is 12.3 Å². The second-order valence-corrected chi connectivity index (χ2v) is 8.87. The summed E-state index contributed by atoms with van der Waals surface area (Å²) < 4.78 is 14.1. The fourth-order valence-corrected chi connectivity index (χ4v) is 5.29. The number of thiophene rings is 1. The lowest BCUT2D eigenvalue weighted by Crippen LogP contribution is -2.31. The molecule has 3 aromatic rings. The van der Waals surface area contributed by atoms with Gasteiger partial charge in [0, 0.05) is 36.9 Å². The smallest absolute Gasteiger partial charge is 0.263 e. The molecule has 1 atom stereocenters. The maximum atomic E-state index is 13.0. The molecule has 0 saturated carbocycles. The van der Waals surface area contributed by atoms with E-state index in [-0.39, 0.29) is 30.1 Å². The molecule has 2 aromatic carbocycles. The Morgan fingerprint density at radius 2 is 1.90 bits per heavy atom. The highest BCUT2D eigenvalue weighted by atomic mass is 32.1. The number of rotatable bonds is 5. The number of carbonyl (C=O) groups excluding carboxylic acids is 2. The van der Waals surface area contributed by atoms with Crippen LogP contribution in [-0.2, 0) is 4.79 Å². The summed E-state index contributed by atoms with van der Waals surface area (Å²) in [6, 6.07) is 13.9. The fraction of sp³-hybridized carbons (Fsp3) is 0.304. The maximum absolute atomic E-state index is 13.0. The second kappa shape index (κ2) is 8.53. The lowest BCUT2D eigenvalue weighted by Gasteiger charge is -2.17. The first-order chi connectivity index (χ1) is 14.4. The van der Waals surface area contributed by atoms with Crippen LogP contribution in [0.25, 0.3) is 10.1 Å². The van der Waals surface area contributed by atoms with E-state index in [1.165, 1.54) is 12.1 Å². The fourth-order valence-electron chi connectivity index (χ4n) is 3.98. The van der Waals surface area contributed by atoms with Gasteiger partial charge >= 0.3 is 0 Å². The van der Waals surface area contributed by atoms with Gasteiger partial charge in [0.25, 0.3) is 5.91 Å². The molecular weight excluding hydrogens is 401 g/mol. The van der Waals surface area contributed by atoms with Crippen LogP contribution in [-0.4, -0.2) is 55.3 Å². The van der Waals surface area contributed by atoms with Crippen LogP contribution in [0.15, 0.2) is 48.5 Å². The molecule has 0 spiro atoms. The number of fused-ring (bicyclic) bond motifs is 1. The standard InChI is InChI=1S/C23H24FN3O2S/c1-26(2)23(29)22-21(18-5-3-4-6-19(18)30-22)15-11-12-27(13-15)14-20(28)25-17-9-7-16(24)8-10-17/h3-10,15H,11-14H2,1-2H3,(H,25,28). The first kappa shape index (κ1) is 20.5. The van der Waals surface area contributed by atoms with Gasteiger partial charge < -0.3 is 10.2 Å². The average molecular weight is 426 g/mol. The van der Waals surface area contributed by atoms with Crippen molar-refractivity contribution in [3.63, 3.8) is 0 Å². The van der Waals surface area contributed by atoms with E-state index in [2.05, 4.69) is 22.3 Å². The number of carbonyl (C=O) groups is 2. The van der Waals surface area contributed by atoms with Crippen LogP contribution in [0.2, 0.25) is 0 Å². The molecule has 1 aromatic heterocycles. The number of anilines is 1. The molecule has 4 rings (SSSR count). The summed E-state index contributed by atoms with van der Waals surface area (Å²) in [6.45, 7) is 1.79. The summed E-state index contributed by atoms with van der Waals surface area (Å²) in [6.07, 6.45) is 0.901. The first-order valence-electron chi connectivity index (χ1n) is 9.93. The Morgan fingerprint density at radius 1 is 1.17 bits per heavy atom. The Kier molecular flexibility index (Phi) is 5.83. The molecular formula is C23H24FN3O2S. The topological polar surface area (TPSA) is 52.7 Å². The predicted octanol–water partition coefficient (Wildman–Crippen LogP) is 4.17. The van der Waals surface area contributed by atoms with Crippen molar-refractivity contribution in [1.29, 1.82) is 0 Å². The summed E-state index contributed by atoms with van der Waals surface area (Å²) in [7, 11) is 3.55. The third kappa shape index (κ3) is 4.22. The lowest BCUT2D eigenvalue weighted by molar-refractivity contribution is -0.117. The molecule has 1 aliphatic heterocycles. The molecule has 7 heteroatoms. The SMILES string of the molecule is CN(C)C(=O)c1sc2ccccc2c1C1CCN(CC(=O)Nc2ccc(F)cc2)C1. The monoisotopic (exact) mass is 425 g/mol. The Labute approximate surface area is 179 Å². The molecule has 1 unspecified atom stereocenters. The van der Waals surface area contributed by atoms with Crippen LogP contribution < -0.4 is 5.32 Å². The zero-order chi connectivity index (χ0) is 21.3. The van der Waals surface area contributed by atoms with E-state index < -0.39 is 0 Å². The van der Waals surface area contributed by atoms with Gasteiger partial charge in [0.1, 0.15) is 5.82 Å². The molecule has 5 nitrogen and oxygen atoms in total. The Morgan fingerprint density at radius 3 is 2.63 bits per heavy atom. The normalized spacial score (nSPS) is 16.7. The molecule has 0 bridgehead atoms. The van der Waals surface area contributed by atoms with E-state index in [0.29, 0.717) is 5.69 Å². The van der Waals surface area contributed by atoms with Crippen LogP contribution in [0, 0.1) is 5.82 Å². The molecule has 1 aliphatic rings. The molecule has 2 amide bonds. The number of nitrogens with one attached hydrogen (secondary N) is 1. The zero-order valence-corrected chi connectivity index (χ0v) is 17.8. The highest BCUT2D eigenvalue weighted by Gasteiger charge is 2.31. The predicted molar refractivity (Wildman–Crippen MR) is 119 cm³/mol. The van der Waals surface area contributed by atoms with E-state index in [9.17, 15) is 14.0 Å². The van der Waals surface area contributed by atoms with E-state index in [1.54, 1.807) is 42.5 Å². The number of hydrogen-bond donors (Lipinski definition) is 1. The van der Waals surface area contributed by atoms with Gasteiger partial charge in [0.15, 0.2) is 0 Å². The van der Waals surface area contributed by atoms with Crippen molar-refractivity contribution in [2.24, 2.45) is 0 Å². The number of halogens is 1. The van der Waals surface area contributed by atoms with Gasteiger partial charge in [-0.15, -0.1) is 11.3 Å². The number of likely N-dealkylation sites (tertiary alicyclic amines) is 1. The van der Waals surface area contributed by atoms with Gasteiger partial charge in [-0.2, -0.15) is 0 Å². The molecule has 1 fully saturated rings. The summed E-state index contributed by atoms with van der Waals surface area (Å²) in [5, 5.41) is 3.95. The minimum atomic E-state index is -0.332. The van der Waals surface area contributed by atoms with Gasteiger partial charge in [0.05, 0.1) is 11.4 Å². The lowest BCUT2D eigenvalue weighted by atomic mass is 9.95. The van der Waals surface area contributed by atoms with Crippen LogP contribution in [0.1, 0.15) is 27.6 Å². The largest absolute Gasteiger partial charge is 0.344 e. The van der Waals surface area contributed by atoms with Crippen molar-refractivity contribution in [3.05, 3.63) is 64.8 Å². The van der Waals surface area contributed by atoms with Gasteiger partial charge in [-0.1, -0.05) is 18.2 Å². The number of nitrogens with zero attached hydrogens (tertiary/aromatic N) is 2. The summed E-state index contributed by atoms with van der Waals surface area (Å²) in [5.41, 5.74) is 1.69. The van der Waals surface area contributed by atoms with Gasteiger partial charge in [-0.25, -0.2) is 4.39 Å². The van der Waals surface area contributed by atoms with Gasteiger partial charge in [-0.05, 0) is 54.2 Å². The third-order valence-corrected chi connectivity index (χ3v) is 6.58. The highest BCUT2D eigenvalue weighted by molar-refractivity contribution is 7.21. The minimum Gasteiger partial charge on any atom is -0.344 e. The van der Waals surface area contributed by atoms with Crippen LogP contribution in [0.5, 0.6) is 0 Å². The maximum Gasteiger partial charge on any atom is 0.263 e.